The van der Waals surface area contributed by atoms with Gasteiger partial charge in [0.2, 0.25) is 0 Å². The molecule has 0 saturated carbocycles. The summed E-state index contributed by atoms with van der Waals surface area (Å²) in [6, 6.07) is 0. The van der Waals surface area contributed by atoms with Crippen molar-refractivity contribution in [3.63, 3.8) is 0 Å². The minimum atomic E-state index is -2.90. The molecule has 0 N–H and O–H groups in total. The molecule has 0 fully saturated rings. The van der Waals surface area contributed by atoms with Gasteiger partial charge in [-0.15, -0.1) is 0 Å². The van der Waals surface area contributed by atoms with Crippen molar-refractivity contribution in [1.29, 1.82) is 0 Å². The number of fused-ring (bicyclic) bond motifs is 1. The smallest absolute Gasteiger partial charge is 0.197 e. The van der Waals surface area contributed by atoms with Gasteiger partial charge < -0.3 is 0 Å². The lowest BCUT2D eigenvalue weighted by atomic mass is 10.1. The first-order valence-electron chi connectivity index (χ1n) is 4.70. The van der Waals surface area contributed by atoms with Gasteiger partial charge in [0.1, 0.15) is 0 Å². The number of aryl methyl sites for hydroxylation is 2. The maximum atomic E-state index is 11.5. The summed E-state index contributed by atoms with van der Waals surface area (Å²) in [4.78, 5) is 8.43. The Morgan fingerprint density at radius 1 is 1.20 bits per heavy atom. The molecule has 0 saturated heterocycles. The summed E-state index contributed by atoms with van der Waals surface area (Å²) in [6.07, 6.45) is 1.04. The molecule has 1 aromatic heterocycles. The van der Waals surface area contributed by atoms with Crippen molar-refractivity contribution in [2.45, 2.75) is 19.8 Å². The summed E-state index contributed by atoms with van der Waals surface area (Å²) >= 11 is 3.22. The van der Waals surface area contributed by atoms with Crippen LogP contribution in [-0.2, 0) is 22.7 Å². The lowest BCUT2D eigenvalue weighted by Gasteiger charge is -2.06. The molecule has 0 aliphatic carbocycles. The third kappa shape index (κ3) is 2.36. The molecule has 1 aromatic rings. The van der Waals surface area contributed by atoms with E-state index in [1.807, 2.05) is 6.92 Å². The SMILES string of the molecule is Cc1nc(Br)nc2c1CCS(=O)(=O)CC2. The van der Waals surface area contributed by atoms with E-state index in [4.69, 9.17) is 0 Å². The van der Waals surface area contributed by atoms with Crippen molar-refractivity contribution in [2.75, 3.05) is 11.5 Å². The fourth-order valence-corrected chi connectivity index (χ4v) is 3.47. The highest BCUT2D eigenvalue weighted by molar-refractivity contribution is 9.10. The van der Waals surface area contributed by atoms with Crippen molar-refractivity contribution >= 4 is 25.8 Å². The van der Waals surface area contributed by atoms with E-state index >= 15 is 0 Å². The predicted molar refractivity (Wildman–Crippen MR) is 60.5 cm³/mol. The molecule has 0 spiro atoms. The van der Waals surface area contributed by atoms with Crippen LogP contribution in [0.15, 0.2) is 4.73 Å². The quantitative estimate of drug-likeness (QED) is 0.671. The Morgan fingerprint density at radius 3 is 2.60 bits per heavy atom. The first-order valence-corrected chi connectivity index (χ1v) is 7.32. The van der Waals surface area contributed by atoms with Crippen LogP contribution in [0.25, 0.3) is 0 Å². The van der Waals surface area contributed by atoms with Crippen LogP contribution >= 0.6 is 15.9 Å². The highest BCUT2D eigenvalue weighted by atomic mass is 79.9. The van der Waals surface area contributed by atoms with E-state index in [1.54, 1.807) is 0 Å². The zero-order chi connectivity index (χ0) is 11.1. The second kappa shape index (κ2) is 3.83. The molecular formula is C9H11BrN2O2S. The second-order valence-electron chi connectivity index (χ2n) is 3.66. The number of sulfone groups is 1. The van der Waals surface area contributed by atoms with E-state index in [1.165, 1.54) is 0 Å². The minimum absolute atomic E-state index is 0.197. The zero-order valence-corrected chi connectivity index (χ0v) is 10.7. The third-order valence-corrected chi connectivity index (χ3v) is 4.59. The van der Waals surface area contributed by atoms with Crippen molar-refractivity contribution in [2.24, 2.45) is 0 Å². The van der Waals surface area contributed by atoms with Crippen LogP contribution in [0.3, 0.4) is 0 Å². The Morgan fingerprint density at radius 2 is 1.87 bits per heavy atom. The van der Waals surface area contributed by atoms with Gasteiger partial charge in [0.05, 0.1) is 11.5 Å². The summed E-state index contributed by atoms with van der Waals surface area (Å²) in [5, 5.41) is 0. The van der Waals surface area contributed by atoms with Crippen LogP contribution in [0.5, 0.6) is 0 Å². The predicted octanol–water partition coefficient (Wildman–Crippen LogP) is 1.06. The maximum Gasteiger partial charge on any atom is 0.197 e. The number of halogens is 1. The zero-order valence-electron chi connectivity index (χ0n) is 8.33. The van der Waals surface area contributed by atoms with Crippen LogP contribution in [0, 0.1) is 6.92 Å². The largest absolute Gasteiger partial charge is 0.229 e. The van der Waals surface area contributed by atoms with Crippen LogP contribution < -0.4 is 0 Å². The molecule has 0 amide bonds. The Balaban J connectivity index is 2.48. The van der Waals surface area contributed by atoms with Crippen molar-refractivity contribution < 1.29 is 8.42 Å². The van der Waals surface area contributed by atoms with Gasteiger partial charge in [0, 0.05) is 17.8 Å². The van der Waals surface area contributed by atoms with Crippen LogP contribution in [-0.4, -0.2) is 29.9 Å². The molecule has 1 aliphatic rings. The number of nitrogens with zero attached hydrogens (tertiary/aromatic N) is 2. The number of hydrogen-bond donors (Lipinski definition) is 0. The summed E-state index contributed by atoms with van der Waals surface area (Å²) in [5.41, 5.74) is 2.75. The van der Waals surface area contributed by atoms with E-state index in [-0.39, 0.29) is 11.5 Å². The lowest BCUT2D eigenvalue weighted by molar-refractivity contribution is 0.596. The third-order valence-electron chi connectivity index (χ3n) is 2.59. The molecule has 1 aliphatic heterocycles. The molecule has 2 heterocycles. The molecule has 6 heteroatoms. The van der Waals surface area contributed by atoms with Crippen molar-refractivity contribution in [3.05, 3.63) is 21.7 Å². The molecule has 0 atom stereocenters. The number of aromatic nitrogens is 2. The molecule has 0 aromatic carbocycles. The standard InChI is InChI=1S/C9H11BrN2O2S/c1-6-7-2-4-15(13,14)5-3-8(7)12-9(10)11-6/h2-5H2,1H3. The van der Waals surface area contributed by atoms with Gasteiger partial charge in [-0.05, 0) is 34.8 Å². The van der Waals surface area contributed by atoms with E-state index in [2.05, 4.69) is 25.9 Å². The van der Waals surface area contributed by atoms with E-state index in [0.29, 0.717) is 17.6 Å². The molecule has 2 rings (SSSR count). The molecule has 0 radical (unpaired) electrons. The van der Waals surface area contributed by atoms with Crippen LogP contribution in [0.1, 0.15) is 17.0 Å². The van der Waals surface area contributed by atoms with Crippen molar-refractivity contribution in [3.8, 4) is 0 Å². The van der Waals surface area contributed by atoms with Crippen molar-refractivity contribution in [1.82, 2.24) is 9.97 Å². The lowest BCUT2D eigenvalue weighted by Crippen LogP contribution is -2.10. The average molecular weight is 291 g/mol. The molecular weight excluding hydrogens is 280 g/mol. The van der Waals surface area contributed by atoms with Gasteiger partial charge in [-0.25, -0.2) is 18.4 Å². The second-order valence-corrected chi connectivity index (χ2v) is 6.67. The van der Waals surface area contributed by atoms with Gasteiger partial charge >= 0.3 is 0 Å². The fraction of sp³-hybridized carbons (Fsp3) is 0.556. The average Bonchev–Trinajstić information content (AvgIpc) is 2.26. The Bertz CT molecular complexity index is 499. The normalized spacial score (nSPS) is 19.3. The van der Waals surface area contributed by atoms with E-state index < -0.39 is 9.84 Å². The number of hydrogen-bond acceptors (Lipinski definition) is 4. The van der Waals surface area contributed by atoms with E-state index in [0.717, 1.165) is 17.0 Å². The topological polar surface area (TPSA) is 59.9 Å². The first kappa shape index (κ1) is 11.0. The molecule has 4 nitrogen and oxygen atoms in total. The van der Waals surface area contributed by atoms with Gasteiger partial charge in [0.25, 0.3) is 0 Å². The Labute approximate surface area is 97.2 Å². The number of rotatable bonds is 0. The summed E-state index contributed by atoms with van der Waals surface area (Å²) in [7, 11) is -2.90. The van der Waals surface area contributed by atoms with Crippen LogP contribution in [0.4, 0.5) is 0 Å². The maximum absolute atomic E-state index is 11.5. The van der Waals surface area contributed by atoms with Gasteiger partial charge in [-0.2, -0.15) is 0 Å². The summed E-state index contributed by atoms with van der Waals surface area (Å²) < 4.78 is 23.5. The molecule has 0 unspecified atom stereocenters. The fourth-order valence-electron chi connectivity index (χ4n) is 1.76. The van der Waals surface area contributed by atoms with Crippen LogP contribution in [0.2, 0.25) is 0 Å². The van der Waals surface area contributed by atoms with E-state index in [9.17, 15) is 8.42 Å². The molecule has 15 heavy (non-hydrogen) atoms. The summed E-state index contributed by atoms with van der Waals surface area (Å²) in [5.74, 6) is 0.411. The molecule has 0 bridgehead atoms. The van der Waals surface area contributed by atoms with Gasteiger partial charge in [-0.1, -0.05) is 0 Å². The minimum Gasteiger partial charge on any atom is -0.229 e. The Kier molecular flexibility index (Phi) is 2.81. The van der Waals surface area contributed by atoms with Gasteiger partial charge in [0.15, 0.2) is 14.6 Å². The highest BCUT2D eigenvalue weighted by Crippen LogP contribution is 2.19. The molecule has 82 valence electrons. The monoisotopic (exact) mass is 290 g/mol. The highest BCUT2D eigenvalue weighted by Gasteiger charge is 2.21. The van der Waals surface area contributed by atoms with Gasteiger partial charge in [-0.3, -0.25) is 0 Å². The Hall–Kier alpha value is -0.490. The summed E-state index contributed by atoms with van der Waals surface area (Å²) in [6.45, 7) is 1.89. The first-order chi connectivity index (χ1) is 6.98.